The monoisotopic (exact) mass is 484 g/mol. The fourth-order valence-electron chi connectivity index (χ4n) is 4.18. The average Bonchev–Trinajstić information content (AvgIpc) is 3.51. The molecule has 1 aromatic carbocycles. The lowest BCUT2D eigenvalue weighted by Crippen LogP contribution is -2.45. The van der Waals surface area contributed by atoms with E-state index in [-0.39, 0.29) is 33.7 Å². The van der Waals surface area contributed by atoms with Gasteiger partial charge in [-0.2, -0.15) is 0 Å². The summed E-state index contributed by atoms with van der Waals surface area (Å²) in [5.74, 6) is -0.925. The van der Waals surface area contributed by atoms with Gasteiger partial charge in [0.25, 0.3) is 11.8 Å². The minimum absolute atomic E-state index is 0.0783. The number of benzene rings is 1. The number of anilines is 1. The van der Waals surface area contributed by atoms with Crippen LogP contribution in [0, 0.1) is 5.92 Å². The van der Waals surface area contributed by atoms with Crippen LogP contribution in [0.5, 0.6) is 0 Å². The fourth-order valence-corrected chi connectivity index (χ4v) is 4.89. The Bertz CT molecular complexity index is 1040. The first-order valence-corrected chi connectivity index (χ1v) is 12.4. The maximum atomic E-state index is 12.9. The summed E-state index contributed by atoms with van der Waals surface area (Å²) in [4.78, 5) is 53.0. The Hall–Kier alpha value is -3.34. The number of carbonyl (C=O) groups excluding carboxylic acids is 4. The Morgan fingerprint density at radius 3 is 2.62 bits per heavy atom. The minimum Gasteiger partial charge on any atom is -0.356 e. The zero-order chi connectivity index (χ0) is 23.9. The third-order valence-electron chi connectivity index (χ3n) is 5.99. The van der Waals surface area contributed by atoms with Crippen molar-refractivity contribution in [1.29, 1.82) is 0 Å². The number of para-hydroxylation sites is 1. The van der Waals surface area contributed by atoms with Gasteiger partial charge in [-0.3, -0.25) is 19.2 Å². The van der Waals surface area contributed by atoms with E-state index >= 15 is 0 Å². The number of hydrogen-bond donors (Lipinski definition) is 2. The molecule has 10 nitrogen and oxygen atoms in total. The van der Waals surface area contributed by atoms with Gasteiger partial charge in [-0.15, -0.1) is 10.2 Å². The largest absolute Gasteiger partial charge is 0.356 e. The highest BCUT2D eigenvalue weighted by molar-refractivity contribution is 7.15. The van der Waals surface area contributed by atoms with Gasteiger partial charge in [0.2, 0.25) is 21.8 Å². The molecule has 2 fully saturated rings. The number of rotatable bonds is 8. The third kappa shape index (κ3) is 5.96. The minimum atomic E-state index is -0.422. The maximum absolute atomic E-state index is 12.9. The Kier molecular flexibility index (Phi) is 7.84. The lowest BCUT2D eigenvalue weighted by Gasteiger charge is -2.31. The van der Waals surface area contributed by atoms with Crippen molar-refractivity contribution < 1.29 is 19.2 Å². The van der Waals surface area contributed by atoms with Gasteiger partial charge in [0.05, 0.1) is 5.92 Å². The molecule has 2 saturated heterocycles. The van der Waals surface area contributed by atoms with Crippen LogP contribution in [0.1, 0.15) is 51.7 Å². The van der Waals surface area contributed by atoms with Gasteiger partial charge in [-0.25, -0.2) is 0 Å². The lowest BCUT2D eigenvalue weighted by atomic mass is 9.97. The number of piperidine rings is 1. The second kappa shape index (κ2) is 11.2. The molecule has 3 heterocycles. The van der Waals surface area contributed by atoms with Gasteiger partial charge >= 0.3 is 0 Å². The second-order valence-electron chi connectivity index (χ2n) is 8.45. The van der Waals surface area contributed by atoms with Crippen LogP contribution in [-0.4, -0.2) is 76.3 Å². The van der Waals surface area contributed by atoms with Crippen molar-refractivity contribution >= 4 is 40.7 Å². The Balaban J connectivity index is 1.25. The standard InChI is InChI=1S/C23H28N6O4S/c30-18-10-5-12-28(18)14-6-11-24-19(31)16-7-4-13-29(15-16)23(33)22-27-26-21(34-22)20(32)25-17-8-2-1-3-9-17/h1-3,8-9,16H,4-7,10-15H2,(H,24,31)(H,25,32)/t16-/m1/s1. The van der Waals surface area contributed by atoms with E-state index < -0.39 is 5.91 Å². The van der Waals surface area contributed by atoms with Crippen LogP contribution in [0.15, 0.2) is 30.3 Å². The van der Waals surface area contributed by atoms with Crippen molar-refractivity contribution in [3.05, 3.63) is 40.3 Å². The van der Waals surface area contributed by atoms with Gasteiger partial charge in [0.15, 0.2) is 0 Å². The number of amides is 4. The first-order chi connectivity index (χ1) is 16.5. The molecule has 11 heteroatoms. The van der Waals surface area contributed by atoms with Crippen LogP contribution in [0.3, 0.4) is 0 Å². The summed E-state index contributed by atoms with van der Waals surface area (Å²) in [6.45, 7) is 2.80. The highest BCUT2D eigenvalue weighted by atomic mass is 32.1. The second-order valence-corrected chi connectivity index (χ2v) is 9.43. The van der Waals surface area contributed by atoms with E-state index in [1.54, 1.807) is 17.0 Å². The van der Waals surface area contributed by atoms with Gasteiger partial charge in [0, 0.05) is 44.8 Å². The Morgan fingerprint density at radius 2 is 1.85 bits per heavy atom. The van der Waals surface area contributed by atoms with Gasteiger partial charge in [-0.05, 0) is 37.8 Å². The average molecular weight is 485 g/mol. The molecule has 0 radical (unpaired) electrons. The van der Waals surface area contributed by atoms with E-state index in [0.717, 1.165) is 24.3 Å². The topological polar surface area (TPSA) is 125 Å². The van der Waals surface area contributed by atoms with Crippen LogP contribution in [0.2, 0.25) is 0 Å². The molecule has 1 aromatic heterocycles. The van der Waals surface area contributed by atoms with E-state index in [1.165, 1.54) is 0 Å². The predicted octanol–water partition coefficient (Wildman–Crippen LogP) is 1.77. The molecule has 0 bridgehead atoms. The van der Waals surface area contributed by atoms with E-state index in [4.69, 9.17) is 0 Å². The van der Waals surface area contributed by atoms with E-state index in [1.807, 2.05) is 23.1 Å². The molecule has 34 heavy (non-hydrogen) atoms. The van der Waals surface area contributed by atoms with Crippen LogP contribution in [-0.2, 0) is 9.59 Å². The quantitative estimate of drug-likeness (QED) is 0.550. The molecule has 2 aromatic rings. The van der Waals surface area contributed by atoms with E-state index in [2.05, 4.69) is 20.8 Å². The SMILES string of the molecule is O=C(Nc1ccccc1)c1nnc(C(=O)N2CCC[C@@H](C(=O)NCCCN3CCCC3=O)C2)s1. The normalized spacial score (nSPS) is 18.1. The predicted molar refractivity (Wildman–Crippen MR) is 126 cm³/mol. The smallest absolute Gasteiger partial charge is 0.286 e. The number of likely N-dealkylation sites (tertiary alicyclic amines) is 2. The summed E-state index contributed by atoms with van der Waals surface area (Å²) in [6, 6.07) is 8.98. The van der Waals surface area contributed by atoms with Crippen molar-refractivity contribution in [1.82, 2.24) is 25.3 Å². The van der Waals surface area contributed by atoms with Crippen molar-refractivity contribution in [2.45, 2.75) is 32.1 Å². The highest BCUT2D eigenvalue weighted by Gasteiger charge is 2.31. The molecule has 4 amide bonds. The molecule has 4 rings (SSSR count). The molecule has 2 N–H and O–H groups in total. The molecule has 1 atom stereocenters. The molecule has 2 aliphatic heterocycles. The Morgan fingerprint density at radius 1 is 1.06 bits per heavy atom. The van der Waals surface area contributed by atoms with E-state index in [0.29, 0.717) is 57.5 Å². The van der Waals surface area contributed by atoms with Crippen LogP contribution >= 0.6 is 11.3 Å². The zero-order valence-corrected chi connectivity index (χ0v) is 19.7. The first-order valence-electron chi connectivity index (χ1n) is 11.6. The summed E-state index contributed by atoms with van der Waals surface area (Å²) < 4.78 is 0. The molecule has 180 valence electrons. The van der Waals surface area contributed by atoms with Crippen molar-refractivity contribution in [2.75, 3.05) is 38.0 Å². The first kappa shape index (κ1) is 23.8. The lowest BCUT2D eigenvalue weighted by molar-refractivity contribution is -0.127. The third-order valence-corrected chi connectivity index (χ3v) is 6.90. The van der Waals surface area contributed by atoms with Crippen LogP contribution in [0.4, 0.5) is 5.69 Å². The van der Waals surface area contributed by atoms with Crippen molar-refractivity contribution in [3.63, 3.8) is 0 Å². The zero-order valence-electron chi connectivity index (χ0n) is 18.9. The number of nitrogens with one attached hydrogen (secondary N) is 2. The summed E-state index contributed by atoms with van der Waals surface area (Å²) in [7, 11) is 0. The molecule has 0 aliphatic carbocycles. The highest BCUT2D eigenvalue weighted by Crippen LogP contribution is 2.21. The van der Waals surface area contributed by atoms with E-state index in [9.17, 15) is 19.2 Å². The summed E-state index contributed by atoms with van der Waals surface area (Å²) >= 11 is 0.942. The molecule has 0 spiro atoms. The van der Waals surface area contributed by atoms with Crippen LogP contribution in [0.25, 0.3) is 0 Å². The molecular formula is C23H28N6O4S. The van der Waals surface area contributed by atoms with Crippen molar-refractivity contribution in [2.24, 2.45) is 5.92 Å². The number of carbonyl (C=O) groups is 4. The number of hydrogen-bond acceptors (Lipinski definition) is 7. The van der Waals surface area contributed by atoms with Gasteiger partial charge in [0.1, 0.15) is 0 Å². The number of aromatic nitrogens is 2. The van der Waals surface area contributed by atoms with Gasteiger partial charge in [-0.1, -0.05) is 29.5 Å². The Labute approximate surface area is 201 Å². The molecule has 2 aliphatic rings. The van der Waals surface area contributed by atoms with Crippen molar-refractivity contribution in [3.8, 4) is 0 Å². The van der Waals surface area contributed by atoms with Crippen LogP contribution < -0.4 is 10.6 Å². The summed E-state index contributed by atoms with van der Waals surface area (Å²) in [5.41, 5.74) is 0.632. The fraction of sp³-hybridized carbons (Fsp3) is 0.478. The summed E-state index contributed by atoms with van der Waals surface area (Å²) in [5, 5.41) is 13.7. The molecule has 0 saturated carbocycles. The molecule has 0 unspecified atom stereocenters. The summed E-state index contributed by atoms with van der Waals surface area (Å²) in [6.07, 6.45) is 3.66. The number of nitrogens with zero attached hydrogens (tertiary/aromatic N) is 4. The molecular weight excluding hydrogens is 456 g/mol. The maximum Gasteiger partial charge on any atom is 0.286 e. The van der Waals surface area contributed by atoms with Gasteiger partial charge < -0.3 is 20.4 Å².